The topological polar surface area (TPSA) is 32.3 Å². The summed E-state index contributed by atoms with van der Waals surface area (Å²) in [4.78, 5) is 15.9. The van der Waals surface area contributed by atoms with Crippen LogP contribution in [-0.2, 0) is 10.2 Å². The van der Waals surface area contributed by atoms with Gasteiger partial charge in [0.2, 0.25) is 5.91 Å². The van der Waals surface area contributed by atoms with Gasteiger partial charge in [-0.05, 0) is 80.8 Å². The number of benzene rings is 1. The maximum Gasteiger partial charge on any atom is 0.226 e. The summed E-state index contributed by atoms with van der Waals surface area (Å²) in [6, 6.07) is 11.4. The molecule has 26 heavy (non-hydrogen) atoms. The number of likely N-dealkylation sites (tertiary alicyclic amines) is 1. The smallest absolute Gasteiger partial charge is 0.226 e. The molecule has 0 radical (unpaired) electrons. The molecule has 0 aromatic heterocycles. The standard InChI is InChI=1S/C23H32N2O/c1-21-10-17-11-22(14-21,18-6-4-3-5-7-18)16-23(12-17,15-21)20(26)24-19-8-9-25(2)13-19/h3-7,17,19H,8-16H2,1-2H3,(H,24,26)/t17?,19-,21?,22?,23?/m1/s1. The Kier molecular flexibility index (Phi) is 3.60. The molecule has 3 heteroatoms. The third-order valence-corrected chi connectivity index (χ3v) is 7.94. The molecule has 1 aromatic rings. The Morgan fingerprint density at radius 1 is 1.12 bits per heavy atom. The predicted octanol–water partition coefficient (Wildman–Crippen LogP) is 3.74. The number of nitrogens with zero attached hydrogens (tertiary/aromatic N) is 1. The lowest BCUT2D eigenvalue weighted by atomic mass is 9.38. The lowest BCUT2D eigenvalue weighted by Crippen LogP contribution is -2.62. The first-order chi connectivity index (χ1) is 12.4. The molecule has 4 bridgehead atoms. The van der Waals surface area contributed by atoms with E-state index >= 15 is 0 Å². The average Bonchev–Trinajstić information content (AvgIpc) is 2.98. The van der Waals surface area contributed by atoms with E-state index in [1.165, 1.54) is 24.8 Å². The van der Waals surface area contributed by atoms with E-state index in [2.05, 4.69) is 54.5 Å². The molecule has 4 unspecified atom stereocenters. The molecule has 1 amide bonds. The second-order valence-corrected chi connectivity index (χ2v) is 10.5. The number of amides is 1. The second kappa shape index (κ2) is 5.58. The van der Waals surface area contributed by atoms with Crippen molar-refractivity contribution in [1.29, 1.82) is 0 Å². The van der Waals surface area contributed by atoms with E-state index in [4.69, 9.17) is 0 Å². The van der Waals surface area contributed by atoms with Gasteiger partial charge in [0.15, 0.2) is 0 Å². The average molecular weight is 353 g/mol. The summed E-state index contributed by atoms with van der Waals surface area (Å²) >= 11 is 0. The molecule has 140 valence electrons. The van der Waals surface area contributed by atoms with Crippen molar-refractivity contribution in [3.05, 3.63) is 35.9 Å². The fourth-order valence-electron chi connectivity index (χ4n) is 7.68. The quantitative estimate of drug-likeness (QED) is 0.899. The van der Waals surface area contributed by atoms with Gasteiger partial charge in [0.05, 0.1) is 5.41 Å². The van der Waals surface area contributed by atoms with Crippen LogP contribution in [0.4, 0.5) is 0 Å². The van der Waals surface area contributed by atoms with Crippen LogP contribution < -0.4 is 5.32 Å². The Balaban J connectivity index is 1.47. The predicted molar refractivity (Wildman–Crippen MR) is 104 cm³/mol. The fraction of sp³-hybridized carbons (Fsp3) is 0.696. The Bertz CT molecular complexity index is 718. The summed E-state index contributed by atoms with van der Waals surface area (Å²) in [7, 11) is 2.16. The van der Waals surface area contributed by atoms with Gasteiger partial charge in [-0.1, -0.05) is 37.3 Å². The van der Waals surface area contributed by atoms with Crippen LogP contribution in [0.3, 0.4) is 0 Å². The first kappa shape index (κ1) is 16.8. The summed E-state index contributed by atoms with van der Waals surface area (Å²) in [5.74, 6) is 1.09. The fourth-order valence-corrected chi connectivity index (χ4v) is 7.68. The van der Waals surface area contributed by atoms with Crippen molar-refractivity contribution in [1.82, 2.24) is 10.2 Å². The molecular weight excluding hydrogens is 320 g/mol. The molecule has 5 aliphatic rings. The highest BCUT2D eigenvalue weighted by atomic mass is 16.2. The molecule has 3 nitrogen and oxygen atoms in total. The highest BCUT2D eigenvalue weighted by Crippen LogP contribution is 2.70. The summed E-state index contributed by atoms with van der Waals surface area (Å²) in [6.07, 6.45) is 8.25. The van der Waals surface area contributed by atoms with E-state index in [1.807, 2.05) is 0 Å². The summed E-state index contributed by atoms with van der Waals surface area (Å²) < 4.78 is 0. The number of rotatable bonds is 3. The Hall–Kier alpha value is -1.35. The second-order valence-electron chi connectivity index (χ2n) is 10.5. The van der Waals surface area contributed by atoms with Crippen molar-refractivity contribution in [3.8, 4) is 0 Å². The van der Waals surface area contributed by atoms with Gasteiger partial charge < -0.3 is 10.2 Å². The number of carbonyl (C=O) groups is 1. The minimum absolute atomic E-state index is 0.134. The monoisotopic (exact) mass is 352 g/mol. The number of nitrogens with one attached hydrogen (secondary N) is 1. The lowest BCUT2D eigenvalue weighted by molar-refractivity contribution is -0.160. The molecule has 1 aromatic carbocycles. The molecule has 4 saturated carbocycles. The number of hydrogen-bond donors (Lipinski definition) is 1. The molecule has 4 aliphatic carbocycles. The normalized spacial score (nSPS) is 44.4. The van der Waals surface area contributed by atoms with Gasteiger partial charge in [0.25, 0.3) is 0 Å². The van der Waals surface area contributed by atoms with Crippen LogP contribution in [0.25, 0.3) is 0 Å². The summed E-state index contributed by atoms with van der Waals surface area (Å²) in [5.41, 5.74) is 1.90. The van der Waals surface area contributed by atoms with Crippen molar-refractivity contribution in [2.24, 2.45) is 16.7 Å². The van der Waals surface area contributed by atoms with E-state index in [0.29, 0.717) is 23.3 Å². The van der Waals surface area contributed by atoms with Crippen molar-refractivity contribution in [2.45, 2.75) is 63.3 Å². The van der Waals surface area contributed by atoms with Gasteiger partial charge in [0, 0.05) is 12.6 Å². The third kappa shape index (κ3) is 2.54. The van der Waals surface area contributed by atoms with Crippen LogP contribution in [0.2, 0.25) is 0 Å². The van der Waals surface area contributed by atoms with Crippen molar-refractivity contribution in [3.63, 3.8) is 0 Å². The maximum atomic E-state index is 13.5. The van der Waals surface area contributed by atoms with E-state index in [1.54, 1.807) is 0 Å². The van der Waals surface area contributed by atoms with E-state index < -0.39 is 0 Å². The van der Waals surface area contributed by atoms with Crippen LogP contribution in [0, 0.1) is 16.7 Å². The lowest BCUT2D eigenvalue weighted by Gasteiger charge is -2.65. The van der Waals surface area contributed by atoms with E-state index in [-0.39, 0.29) is 10.8 Å². The van der Waals surface area contributed by atoms with Crippen LogP contribution in [0.15, 0.2) is 30.3 Å². The van der Waals surface area contributed by atoms with Gasteiger partial charge in [0.1, 0.15) is 0 Å². The number of likely N-dealkylation sites (N-methyl/N-ethyl adjacent to an activating group) is 1. The van der Waals surface area contributed by atoms with Gasteiger partial charge >= 0.3 is 0 Å². The van der Waals surface area contributed by atoms with Crippen molar-refractivity contribution < 1.29 is 4.79 Å². The minimum Gasteiger partial charge on any atom is -0.352 e. The van der Waals surface area contributed by atoms with E-state index in [0.717, 1.165) is 38.8 Å². The SMILES string of the molecule is CN1CC[C@@H](NC(=O)C23CC4CC(C)(C2)CC(c2ccccc2)(C4)C3)C1. The molecule has 1 N–H and O–H groups in total. The van der Waals surface area contributed by atoms with Crippen molar-refractivity contribution >= 4 is 5.91 Å². The Labute approximate surface area is 157 Å². The molecule has 1 saturated heterocycles. The zero-order valence-electron chi connectivity index (χ0n) is 16.3. The number of carbonyl (C=O) groups excluding carboxylic acids is 1. The molecule has 0 spiro atoms. The van der Waals surface area contributed by atoms with Crippen LogP contribution >= 0.6 is 0 Å². The summed E-state index contributed by atoms with van der Waals surface area (Å²) in [5, 5.41) is 3.47. The molecule has 6 rings (SSSR count). The Morgan fingerprint density at radius 3 is 2.62 bits per heavy atom. The molecule has 1 aliphatic heterocycles. The molecule has 1 heterocycles. The highest BCUT2D eigenvalue weighted by molar-refractivity contribution is 5.84. The molecule has 5 fully saturated rings. The highest BCUT2D eigenvalue weighted by Gasteiger charge is 2.64. The number of hydrogen-bond acceptors (Lipinski definition) is 2. The third-order valence-electron chi connectivity index (χ3n) is 7.94. The maximum absolute atomic E-state index is 13.5. The first-order valence-corrected chi connectivity index (χ1v) is 10.5. The molecule has 5 atom stereocenters. The van der Waals surface area contributed by atoms with Gasteiger partial charge in [-0.25, -0.2) is 0 Å². The zero-order valence-corrected chi connectivity index (χ0v) is 16.3. The largest absolute Gasteiger partial charge is 0.352 e. The summed E-state index contributed by atoms with van der Waals surface area (Å²) in [6.45, 7) is 4.57. The van der Waals surface area contributed by atoms with Crippen LogP contribution in [0.1, 0.15) is 57.4 Å². The van der Waals surface area contributed by atoms with E-state index in [9.17, 15) is 4.79 Å². The Morgan fingerprint density at radius 2 is 1.92 bits per heavy atom. The molecular formula is C23H32N2O. The van der Waals surface area contributed by atoms with Crippen LogP contribution in [-0.4, -0.2) is 37.0 Å². The van der Waals surface area contributed by atoms with Crippen molar-refractivity contribution in [2.75, 3.05) is 20.1 Å². The first-order valence-electron chi connectivity index (χ1n) is 10.5. The van der Waals surface area contributed by atoms with Crippen LogP contribution in [0.5, 0.6) is 0 Å². The van der Waals surface area contributed by atoms with Gasteiger partial charge in [-0.15, -0.1) is 0 Å². The minimum atomic E-state index is -0.134. The van der Waals surface area contributed by atoms with Gasteiger partial charge in [-0.2, -0.15) is 0 Å². The van der Waals surface area contributed by atoms with Gasteiger partial charge in [-0.3, -0.25) is 4.79 Å². The zero-order chi connectivity index (χ0) is 18.0.